The molecule has 0 bridgehead atoms. The quantitative estimate of drug-likeness (QED) is 0.710. The molecule has 0 aliphatic carbocycles. The molecule has 0 fully saturated rings. The van der Waals surface area contributed by atoms with Crippen molar-refractivity contribution in [2.24, 2.45) is 0 Å². The number of pyridine rings is 1. The first-order valence-electron chi connectivity index (χ1n) is 5.90. The average Bonchev–Trinajstić information content (AvgIpc) is 2.36. The Kier molecular flexibility index (Phi) is 5.63. The third kappa shape index (κ3) is 5.79. The number of carbonyl (C=O) groups excluding carboxylic acids is 1. The van der Waals surface area contributed by atoms with Gasteiger partial charge in [-0.25, -0.2) is 13.2 Å². The van der Waals surface area contributed by atoms with E-state index in [0.29, 0.717) is 5.69 Å². The van der Waals surface area contributed by atoms with E-state index in [1.54, 1.807) is 24.4 Å². The molecule has 0 aliphatic heterocycles. The minimum atomic E-state index is -3.61. The van der Waals surface area contributed by atoms with Gasteiger partial charge in [-0.05, 0) is 12.1 Å². The van der Waals surface area contributed by atoms with E-state index in [1.165, 1.54) is 0 Å². The Labute approximate surface area is 116 Å². The van der Waals surface area contributed by atoms with Crippen LogP contribution in [-0.2, 0) is 25.8 Å². The molecule has 0 aromatic carbocycles. The number of sulfone groups is 1. The van der Waals surface area contributed by atoms with Crippen molar-refractivity contribution in [1.82, 2.24) is 10.3 Å². The lowest BCUT2D eigenvalue weighted by Gasteiger charge is -2.13. The van der Waals surface area contributed by atoms with Crippen molar-refractivity contribution in [2.45, 2.75) is 19.4 Å². The summed E-state index contributed by atoms with van der Waals surface area (Å²) in [6, 6.07) is 3.72. The summed E-state index contributed by atoms with van der Waals surface area (Å²) in [7, 11) is -3.61. The number of hydrogen-bond donors (Lipinski definition) is 2. The van der Waals surface area contributed by atoms with Crippen molar-refractivity contribution in [3.63, 3.8) is 0 Å². The largest absolute Gasteiger partial charge is 0.480 e. The Morgan fingerprint density at radius 1 is 1.40 bits per heavy atom. The van der Waals surface area contributed by atoms with Crippen molar-refractivity contribution < 1.29 is 23.1 Å². The second kappa shape index (κ2) is 6.99. The SMILES string of the molecule is CC(=O)N[C@@H](CS(=O)(=O)CCc1ccccn1)C(=O)O. The second-order valence-corrected chi connectivity index (χ2v) is 6.51. The zero-order chi connectivity index (χ0) is 15.2. The van der Waals surface area contributed by atoms with Gasteiger partial charge in [0.15, 0.2) is 9.84 Å². The first-order valence-corrected chi connectivity index (χ1v) is 7.72. The molecule has 1 aromatic heterocycles. The van der Waals surface area contributed by atoms with Crippen LogP contribution < -0.4 is 5.32 Å². The fourth-order valence-corrected chi connectivity index (χ4v) is 2.98. The lowest BCUT2D eigenvalue weighted by atomic mass is 10.3. The number of carboxylic acid groups (broad SMARTS) is 1. The summed E-state index contributed by atoms with van der Waals surface area (Å²) < 4.78 is 23.7. The summed E-state index contributed by atoms with van der Waals surface area (Å²) >= 11 is 0. The number of nitrogens with zero attached hydrogens (tertiary/aromatic N) is 1. The molecular weight excluding hydrogens is 284 g/mol. The second-order valence-electron chi connectivity index (χ2n) is 4.28. The van der Waals surface area contributed by atoms with Crippen LogP contribution in [0.2, 0.25) is 0 Å². The number of nitrogens with one attached hydrogen (secondary N) is 1. The highest BCUT2D eigenvalue weighted by atomic mass is 32.2. The zero-order valence-electron chi connectivity index (χ0n) is 10.9. The van der Waals surface area contributed by atoms with Crippen LogP contribution in [0.3, 0.4) is 0 Å². The van der Waals surface area contributed by atoms with Gasteiger partial charge in [0.05, 0.1) is 11.5 Å². The molecule has 1 aromatic rings. The fraction of sp³-hybridized carbons (Fsp3) is 0.417. The van der Waals surface area contributed by atoms with Crippen LogP contribution in [0.15, 0.2) is 24.4 Å². The molecule has 1 heterocycles. The molecule has 0 unspecified atom stereocenters. The normalized spacial score (nSPS) is 12.7. The molecule has 0 radical (unpaired) electrons. The monoisotopic (exact) mass is 300 g/mol. The Balaban J connectivity index is 2.63. The van der Waals surface area contributed by atoms with Crippen molar-refractivity contribution in [3.05, 3.63) is 30.1 Å². The van der Waals surface area contributed by atoms with E-state index in [0.717, 1.165) is 6.92 Å². The number of carbonyl (C=O) groups is 2. The predicted octanol–water partition coefficient (Wildman–Crippen LogP) is -0.372. The number of carboxylic acids is 1. The van der Waals surface area contributed by atoms with Crippen LogP contribution in [0.4, 0.5) is 0 Å². The number of aryl methyl sites for hydroxylation is 1. The van der Waals surface area contributed by atoms with Gasteiger partial charge in [-0.1, -0.05) is 6.07 Å². The van der Waals surface area contributed by atoms with Gasteiger partial charge in [0.1, 0.15) is 6.04 Å². The molecule has 1 amide bonds. The summed E-state index contributed by atoms with van der Waals surface area (Å²) in [5.74, 6) is -2.80. The topological polar surface area (TPSA) is 113 Å². The molecule has 0 saturated heterocycles. The van der Waals surface area contributed by atoms with E-state index in [9.17, 15) is 18.0 Å². The van der Waals surface area contributed by atoms with Gasteiger partial charge in [0.2, 0.25) is 5.91 Å². The summed E-state index contributed by atoms with van der Waals surface area (Å²) in [6.07, 6.45) is 1.76. The number of hydrogen-bond acceptors (Lipinski definition) is 5. The molecule has 110 valence electrons. The van der Waals surface area contributed by atoms with Gasteiger partial charge in [0, 0.05) is 25.2 Å². The van der Waals surface area contributed by atoms with Gasteiger partial charge in [-0.2, -0.15) is 0 Å². The highest BCUT2D eigenvalue weighted by Gasteiger charge is 2.25. The molecule has 1 atom stereocenters. The first-order chi connectivity index (χ1) is 9.30. The van der Waals surface area contributed by atoms with Crippen LogP contribution in [0.25, 0.3) is 0 Å². The van der Waals surface area contributed by atoms with Crippen LogP contribution >= 0.6 is 0 Å². The Bertz CT molecular complexity index is 571. The lowest BCUT2D eigenvalue weighted by Crippen LogP contribution is -2.45. The Hall–Kier alpha value is -1.96. The molecule has 1 rings (SSSR count). The van der Waals surface area contributed by atoms with Gasteiger partial charge >= 0.3 is 5.97 Å². The number of aliphatic carboxylic acids is 1. The highest BCUT2D eigenvalue weighted by molar-refractivity contribution is 7.91. The van der Waals surface area contributed by atoms with Crippen LogP contribution in [0.1, 0.15) is 12.6 Å². The third-order valence-corrected chi connectivity index (χ3v) is 4.16. The van der Waals surface area contributed by atoms with E-state index in [4.69, 9.17) is 5.11 Å². The molecule has 0 spiro atoms. The standard InChI is InChI=1S/C12H16N2O5S/c1-9(15)14-11(12(16)17)8-20(18,19)7-5-10-4-2-3-6-13-10/h2-4,6,11H,5,7-8H2,1H3,(H,14,15)(H,16,17)/t11-/m0/s1. The first kappa shape index (κ1) is 16.1. The Morgan fingerprint density at radius 3 is 2.60 bits per heavy atom. The van der Waals surface area contributed by atoms with Crippen molar-refractivity contribution in [1.29, 1.82) is 0 Å². The van der Waals surface area contributed by atoms with E-state index < -0.39 is 33.5 Å². The van der Waals surface area contributed by atoms with Gasteiger partial charge in [-0.3, -0.25) is 9.78 Å². The summed E-state index contributed by atoms with van der Waals surface area (Å²) in [6.45, 7) is 1.14. The van der Waals surface area contributed by atoms with Crippen molar-refractivity contribution in [2.75, 3.05) is 11.5 Å². The minimum Gasteiger partial charge on any atom is -0.480 e. The van der Waals surface area contributed by atoms with E-state index in [2.05, 4.69) is 10.3 Å². The van der Waals surface area contributed by atoms with Crippen LogP contribution in [0, 0.1) is 0 Å². The number of rotatable bonds is 7. The van der Waals surface area contributed by atoms with E-state index >= 15 is 0 Å². The lowest BCUT2D eigenvalue weighted by molar-refractivity contribution is -0.140. The molecule has 20 heavy (non-hydrogen) atoms. The number of aromatic nitrogens is 1. The average molecular weight is 300 g/mol. The molecule has 0 saturated carbocycles. The summed E-state index contributed by atoms with van der Waals surface area (Å²) in [5.41, 5.74) is 0.613. The molecule has 8 heteroatoms. The maximum Gasteiger partial charge on any atom is 0.327 e. The molecule has 2 N–H and O–H groups in total. The van der Waals surface area contributed by atoms with Crippen LogP contribution in [0.5, 0.6) is 0 Å². The molecule has 7 nitrogen and oxygen atoms in total. The predicted molar refractivity (Wildman–Crippen MR) is 71.8 cm³/mol. The Morgan fingerprint density at radius 2 is 2.10 bits per heavy atom. The van der Waals surface area contributed by atoms with Gasteiger partial charge < -0.3 is 10.4 Å². The maximum atomic E-state index is 11.9. The van der Waals surface area contributed by atoms with Crippen molar-refractivity contribution in [3.8, 4) is 0 Å². The third-order valence-electron chi connectivity index (χ3n) is 2.49. The van der Waals surface area contributed by atoms with E-state index in [-0.39, 0.29) is 12.2 Å². The molecule has 0 aliphatic rings. The van der Waals surface area contributed by atoms with Crippen molar-refractivity contribution >= 4 is 21.7 Å². The summed E-state index contributed by atoms with van der Waals surface area (Å²) in [4.78, 5) is 25.7. The highest BCUT2D eigenvalue weighted by Crippen LogP contribution is 2.02. The maximum absolute atomic E-state index is 11.9. The smallest absolute Gasteiger partial charge is 0.327 e. The zero-order valence-corrected chi connectivity index (χ0v) is 11.8. The summed E-state index contributed by atoms with van der Waals surface area (Å²) in [5, 5.41) is 11.0. The van der Waals surface area contributed by atoms with Gasteiger partial charge in [0.25, 0.3) is 0 Å². The molecular formula is C12H16N2O5S. The fourth-order valence-electron chi connectivity index (χ4n) is 1.56. The van der Waals surface area contributed by atoms with Gasteiger partial charge in [-0.15, -0.1) is 0 Å². The van der Waals surface area contributed by atoms with E-state index in [1.807, 2.05) is 0 Å². The van der Waals surface area contributed by atoms with Crippen LogP contribution in [-0.4, -0.2) is 47.9 Å². The minimum absolute atomic E-state index is 0.204. The number of amides is 1.